The Labute approximate surface area is 78.6 Å². The van der Waals surface area contributed by atoms with Gasteiger partial charge in [-0.15, -0.1) is 0 Å². The highest BCUT2D eigenvalue weighted by molar-refractivity contribution is 14.1. The van der Waals surface area contributed by atoms with Gasteiger partial charge in [0.15, 0.2) is 6.29 Å². The van der Waals surface area contributed by atoms with E-state index in [1.807, 2.05) is 0 Å². The molecule has 1 fully saturated rings. The molecule has 1 aliphatic rings. The van der Waals surface area contributed by atoms with Gasteiger partial charge in [-0.05, 0) is 0 Å². The third-order valence-electron chi connectivity index (χ3n) is 1.70. The van der Waals surface area contributed by atoms with Gasteiger partial charge in [0.2, 0.25) is 0 Å². The highest BCUT2D eigenvalue weighted by Gasteiger charge is 2.42. The molecule has 2 N–H and O–H groups in total. The van der Waals surface area contributed by atoms with E-state index in [1.165, 1.54) is 7.11 Å². The first kappa shape index (κ1) is 9.66. The number of hydrogen-bond donors (Lipinski definition) is 2. The minimum atomic E-state index is -0.917. The van der Waals surface area contributed by atoms with Gasteiger partial charge in [0.1, 0.15) is 12.2 Å². The van der Waals surface area contributed by atoms with Crippen molar-refractivity contribution >= 4 is 22.6 Å². The molecule has 0 aromatic carbocycles. The van der Waals surface area contributed by atoms with E-state index in [0.29, 0.717) is 4.43 Å². The molecule has 4 atom stereocenters. The summed E-state index contributed by atoms with van der Waals surface area (Å²) in [5, 5.41) is 18.6. The molecular formula is C6H11IO4. The number of rotatable bonds is 2. The predicted molar refractivity (Wildman–Crippen MR) is 46.6 cm³/mol. The average molecular weight is 274 g/mol. The fourth-order valence-corrected chi connectivity index (χ4v) is 1.77. The Morgan fingerprint density at radius 1 is 1.45 bits per heavy atom. The molecule has 0 unspecified atom stereocenters. The molecule has 0 radical (unpaired) electrons. The topological polar surface area (TPSA) is 58.9 Å². The lowest BCUT2D eigenvalue weighted by molar-refractivity contribution is -0.145. The highest BCUT2D eigenvalue weighted by atomic mass is 127. The minimum Gasteiger partial charge on any atom is -0.387 e. The molecule has 0 aromatic rings. The molecule has 0 bridgehead atoms. The molecule has 1 aliphatic heterocycles. The molecule has 4 nitrogen and oxygen atoms in total. The summed E-state index contributed by atoms with van der Waals surface area (Å²) in [6, 6.07) is 0. The Bertz CT molecular complexity index is 114. The van der Waals surface area contributed by atoms with E-state index < -0.39 is 18.5 Å². The maximum Gasteiger partial charge on any atom is 0.186 e. The van der Waals surface area contributed by atoms with Gasteiger partial charge in [-0.25, -0.2) is 0 Å². The van der Waals surface area contributed by atoms with Crippen molar-refractivity contribution in [1.29, 1.82) is 0 Å². The van der Waals surface area contributed by atoms with Crippen LogP contribution in [-0.2, 0) is 9.47 Å². The Balaban J connectivity index is 2.53. The van der Waals surface area contributed by atoms with E-state index in [1.54, 1.807) is 0 Å². The Morgan fingerprint density at radius 3 is 2.36 bits per heavy atom. The van der Waals surface area contributed by atoms with E-state index in [0.717, 1.165) is 0 Å². The lowest BCUT2D eigenvalue weighted by atomic mass is 10.2. The van der Waals surface area contributed by atoms with Crippen LogP contribution in [0, 0.1) is 0 Å². The largest absolute Gasteiger partial charge is 0.387 e. The van der Waals surface area contributed by atoms with Crippen molar-refractivity contribution in [3.05, 3.63) is 0 Å². The van der Waals surface area contributed by atoms with Gasteiger partial charge in [-0.1, -0.05) is 22.6 Å². The van der Waals surface area contributed by atoms with Crippen molar-refractivity contribution in [2.24, 2.45) is 0 Å². The van der Waals surface area contributed by atoms with Crippen molar-refractivity contribution in [3.8, 4) is 0 Å². The molecule has 0 saturated carbocycles. The molecule has 0 amide bonds. The zero-order valence-electron chi connectivity index (χ0n) is 6.11. The summed E-state index contributed by atoms with van der Waals surface area (Å²) in [5.74, 6) is 0. The number of hydrogen-bond acceptors (Lipinski definition) is 4. The third-order valence-corrected chi connectivity index (χ3v) is 2.57. The number of halogens is 1. The molecular weight excluding hydrogens is 263 g/mol. The normalized spacial score (nSPS) is 44.7. The van der Waals surface area contributed by atoms with Gasteiger partial charge in [-0.2, -0.15) is 0 Å². The van der Waals surface area contributed by atoms with Crippen LogP contribution >= 0.6 is 22.6 Å². The van der Waals surface area contributed by atoms with Crippen LogP contribution in [0.15, 0.2) is 0 Å². The van der Waals surface area contributed by atoms with Crippen molar-refractivity contribution in [2.75, 3.05) is 11.5 Å². The first-order valence-electron chi connectivity index (χ1n) is 3.31. The first-order valence-corrected chi connectivity index (χ1v) is 4.83. The Morgan fingerprint density at radius 2 is 2.09 bits per heavy atom. The lowest BCUT2D eigenvalue weighted by Gasteiger charge is -2.11. The zero-order chi connectivity index (χ0) is 8.43. The van der Waals surface area contributed by atoms with E-state index in [2.05, 4.69) is 22.6 Å². The second kappa shape index (κ2) is 3.99. The van der Waals surface area contributed by atoms with Gasteiger partial charge in [-0.3, -0.25) is 0 Å². The molecule has 1 heterocycles. The van der Waals surface area contributed by atoms with E-state index in [4.69, 9.17) is 9.47 Å². The summed E-state index contributed by atoms with van der Waals surface area (Å²) in [7, 11) is 1.44. The Kier molecular flexibility index (Phi) is 3.51. The van der Waals surface area contributed by atoms with Gasteiger partial charge in [0.25, 0.3) is 0 Å². The molecule has 1 rings (SSSR count). The fourth-order valence-electron chi connectivity index (χ4n) is 1.04. The van der Waals surface area contributed by atoms with Crippen LogP contribution in [0.4, 0.5) is 0 Å². The van der Waals surface area contributed by atoms with Gasteiger partial charge in [0, 0.05) is 11.5 Å². The molecule has 0 aliphatic carbocycles. The van der Waals surface area contributed by atoms with E-state index in [9.17, 15) is 10.2 Å². The molecule has 0 aromatic heterocycles. The maximum atomic E-state index is 9.30. The SMILES string of the molecule is CO[C@H]1O[C@H](CI)[C@H](O)[C@H]1O. The first-order chi connectivity index (χ1) is 5.20. The van der Waals surface area contributed by atoms with E-state index >= 15 is 0 Å². The number of methoxy groups -OCH3 is 1. The van der Waals surface area contributed by atoms with Crippen LogP contribution in [-0.4, -0.2) is 46.4 Å². The van der Waals surface area contributed by atoms with Crippen LogP contribution < -0.4 is 0 Å². The predicted octanol–water partition coefficient (Wildman–Crippen LogP) is -0.486. The standard InChI is InChI=1S/C6H11IO4/c1-10-6-5(9)4(8)3(2-7)11-6/h3-6,8-9H,2H2,1H3/t3-,4+,5-,6+/m1/s1. The van der Waals surface area contributed by atoms with Crippen LogP contribution in [0.5, 0.6) is 0 Å². The molecule has 66 valence electrons. The molecule has 11 heavy (non-hydrogen) atoms. The second-order valence-electron chi connectivity index (χ2n) is 2.41. The average Bonchev–Trinajstić information content (AvgIpc) is 2.30. The van der Waals surface area contributed by atoms with Crippen LogP contribution in [0.25, 0.3) is 0 Å². The van der Waals surface area contributed by atoms with Crippen LogP contribution in [0.2, 0.25) is 0 Å². The number of ether oxygens (including phenoxy) is 2. The highest BCUT2D eigenvalue weighted by Crippen LogP contribution is 2.22. The fraction of sp³-hybridized carbons (Fsp3) is 1.00. The zero-order valence-corrected chi connectivity index (χ0v) is 8.26. The molecule has 1 saturated heterocycles. The summed E-state index contributed by atoms with van der Waals surface area (Å²) in [6.45, 7) is 0. The Hall–Kier alpha value is 0.570. The van der Waals surface area contributed by atoms with Crippen molar-refractivity contribution in [3.63, 3.8) is 0 Å². The van der Waals surface area contributed by atoms with Crippen LogP contribution in [0.1, 0.15) is 0 Å². The van der Waals surface area contributed by atoms with Crippen molar-refractivity contribution < 1.29 is 19.7 Å². The number of aliphatic hydroxyl groups excluding tert-OH is 2. The smallest absolute Gasteiger partial charge is 0.186 e. The van der Waals surface area contributed by atoms with Crippen molar-refractivity contribution in [1.82, 2.24) is 0 Å². The summed E-state index contributed by atoms with van der Waals surface area (Å²) < 4.78 is 10.6. The number of alkyl halides is 1. The summed E-state index contributed by atoms with van der Waals surface area (Å²) in [6.07, 6.45) is -2.73. The van der Waals surface area contributed by atoms with E-state index in [-0.39, 0.29) is 6.10 Å². The van der Waals surface area contributed by atoms with Gasteiger partial charge >= 0.3 is 0 Å². The molecule has 0 spiro atoms. The second-order valence-corrected chi connectivity index (χ2v) is 3.29. The third kappa shape index (κ3) is 1.83. The van der Waals surface area contributed by atoms with Gasteiger partial charge in [0.05, 0.1) is 6.10 Å². The molecule has 5 heteroatoms. The maximum absolute atomic E-state index is 9.30. The summed E-state index contributed by atoms with van der Waals surface area (Å²) in [5.41, 5.74) is 0. The monoisotopic (exact) mass is 274 g/mol. The number of aliphatic hydroxyl groups is 2. The quantitative estimate of drug-likeness (QED) is 0.527. The summed E-state index contributed by atoms with van der Waals surface area (Å²) >= 11 is 2.09. The van der Waals surface area contributed by atoms with Crippen molar-refractivity contribution in [2.45, 2.75) is 24.6 Å². The lowest BCUT2D eigenvalue weighted by Crippen LogP contribution is -2.33. The van der Waals surface area contributed by atoms with Gasteiger partial charge < -0.3 is 19.7 Å². The van der Waals surface area contributed by atoms with Crippen LogP contribution in [0.3, 0.4) is 0 Å². The summed E-state index contributed by atoms with van der Waals surface area (Å²) in [4.78, 5) is 0. The minimum absolute atomic E-state index is 0.310.